The van der Waals surface area contributed by atoms with Gasteiger partial charge in [0.2, 0.25) is 5.91 Å². The number of halogens is 2. The second-order valence-electron chi connectivity index (χ2n) is 12.1. The van der Waals surface area contributed by atoms with Gasteiger partial charge in [-0.15, -0.1) is 0 Å². The number of carbonyl (C=O) groups excluding carboxylic acids is 3. The summed E-state index contributed by atoms with van der Waals surface area (Å²) >= 11 is 0. The number of imide groups is 1. The van der Waals surface area contributed by atoms with Gasteiger partial charge < -0.3 is 20.6 Å². The Bertz CT molecular complexity index is 2080. The van der Waals surface area contributed by atoms with E-state index in [0.29, 0.717) is 42.8 Å². The van der Waals surface area contributed by atoms with Crippen molar-refractivity contribution in [3.63, 3.8) is 0 Å². The summed E-state index contributed by atoms with van der Waals surface area (Å²) in [4.78, 5) is 57.6. The van der Waals surface area contributed by atoms with Crippen molar-refractivity contribution in [3.05, 3.63) is 108 Å². The number of urea groups is 1. The van der Waals surface area contributed by atoms with Gasteiger partial charge in [0.15, 0.2) is 0 Å². The highest BCUT2D eigenvalue weighted by molar-refractivity contribution is 7.92. The van der Waals surface area contributed by atoms with Crippen molar-refractivity contribution in [2.45, 2.75) is 29.8 Å². The Labute approximate surface area is 291 Å². The first-order valence-electron chi connectivity index (χ1n) is 15.8. The number of piperidine rings is 1. The summed E-state index contributed by atoms with van der Waals surface area (Å²) in [6.07, 6.45) is 3.43. The molecule has 0 spiro atoms. The molecule has 264 valence electrons. The molecule has 2 unspecified atom stereocenters. The van der Waals surface area contributed by atoms with Gasteiger partial charge in [0.05, 0.1) is 28.2 Å². The smallest absolute Gasteiger partial charge is 0.331 e. The third-order valence-electron chi connectivity index (χ3n) is 8.92. The number of sulfonamides is 1. The predicted octanol–water partition coefficient (Wildman–Crippen LogP) is 3.63. The molecule has 0 bridgehead atoms. The van der Waals surface area contributed by atoms with Gasteiger partial charge in [-0.25, -0.2) is 31.7 Å². The lowest BCUT2D eigenvalue weighted by Gasteiger charge is -2.45. The van der Waals surface area contributed by atoms with Gasteiger partial charge in [-0.1, -0.05) is 24.3 Å². The molecule has 4 aromatic rings. The first-order chi connectivity index (χ1) is 24.3. The summed E-state index contributed by atoms with van der Waals surface area (Å²) in [5.41, 5.74) is 0.584. The summed E-state index contributed by atoms with van der Waals surface area (Å²) in [6.45, 7) is 1.15. The van der Waals surface area contributed by atoms with E-state index in [1.807, 2.05) is 0 Å². The van der Waals surface area contributed by atoms with Crippen molar-refractivity contribution < 1.29 is 41.5 Å². The number of aromatic nitrogens is 1. The maximum Gasteiger partial charge on any atom is 0.331 e. The minimum absolute atomic E-state index is 0.183. The SMILES string of the molecule is CN1C(=O)N(c2ccc(C[C@H](NC(=O)c3c(F)cc(NS(=O)(=O)c4ccc(-c5ccncc5)cc4)cc3F)C(=O)O)cc2)C(=O)C2CCNCC21. The molecule has 2 aliphatic rings. The van der Waals surface area contributed by atoms with E-state index >= 15 is 8.78 Å². The van der Waals surface area contributed by atoms with Crippen LogP contribution in [0.15, 0.2) is 90.1 Å². The normalized spacial score (nSPS) is 18.2. The zero-order valence-corrected chi connectivity index (χ0v) is 27.9. The molecule has 2 saturated heterocycles. The van der Waals surface area contributed by atoms with E-state index in [4.69, 9.17) is 0 Å². The highest BCUT2D eigenvalue weighted by atomic mass is 32.2. The molecule has 0 saturated carbocycles. The monoisotopic (exact) mass is 718 g/mol. The molecule has 4 amide bonds. The number of carboxylic acids is 1. The van der Waals surface area contributed by atoms with Gasteiger partial charge in [-0.3, -0.25) is 19.3 Å². The van der Waals surface area contributed by atoms with Crippen LogP contribution in [0, 0.1) is 17.6 Å². The van der Waals surface area contributed by atoms with Crippen LogP contribution in [0.1, 0.15) is 22.3 Å². The van der Waals surface area contributed by atoms with E-state index < -0.39 is 56.9 Å². The van der Waals surface area contributed by atoms with E-state index in [9.17, 15) is 32.7 Å². The van der Waals surface area contributed by atoms with Crippen LogP contribution in [0.5, 0.6) is 0 Å². The quantitative estimate of drug-likeness (QED) is 0.191. The number of anilines is 2. The first kappa shape index (κ1) is 35.1. The lowest BCUT2D eigenvalue weighted by Crippen LogP contribution is -2.65. The number of nitrogens with one attached hydrogen (secondary N) is 3. The molecule has 3 aromatic carbocycles. The number of amides is 4. The maximum atomic E-state index is 15.1. The molecular formula is C35H32F2N6O7S. The molecular weight excluding hydrogens is 686 g/mol. The number of hydrogen-bond acceptors (Lipinski definition) is 8. The maximum absolute atomic E-state index is 15.1. The van der Waals surface area contributed by atoms with Crippen LogP contribution in [-0.4, -0.2) is 79.4 Å². The number of carbonyl (C=O) groups is 4. The Balaban J connectivity index is 1.12. The van der Waals surface area contributed by atoms with Crippen molar-refractivity contribution >= 4 is 45.2 Å². The molecule has 3 heterocycles. The fourth-order valence-electron chi connectivity index (χ4n) is 6.22. The number of benzene rings is 3. The summed E-state index contributed by atoms with van der Waals surface area (Å²) in [7, 11) is -2.66. The number of rotatable bonds is 10. The zero-order chi connectivity index (χ0) is 36.4. The predicted molar refractivity (Wildman–Crippen MR) is 181 cm³/mol. The van der Waals surface area contributed by atoms with Gasteiger partial charge in [0.25, 0.3) is 15.9 Å². The lowest BCUT2D eigenvalue weighted by molar-refractivity contribution is -0.139. The molecule has 2 fully saturated rings. The minimum Gasteiger partial charge on any atom is -0.480 e. The molecule has 0 radical (unpaired) electrons. The van der Waals surface area contributed by atoms with Crippen molar-refractivity contribution in [2.75, 3.05) is 29.8 Å². The van der Waals surface area contributed by atoms with Crippen LogP contribution >= 0.6 is 0 Å². The van der Waals surface area contributed by atoms with Crippen molar-refractivity contribution in [3.8, 4) is 11.1 Å². The van der Waals surface area contributed by atoms with Crippen molar-refractivity contribution in [2.24, 2.45) is 5.92 Å². The van der Waals surface area contributed by atoms with E-state index in [2.05, 4.69) is 20.3 Å². The first-order valence-corrected chi connectivity index (χ1v) is 17.3. The largest absolute Gasteiger partial charge is 0.480 e. The number of nitrogens with zero attached hydrogens (tertiary/aromatic N) is 3. The van der Waals surface area contributed by atoms with E-state index in [0.717, 1.165) is 10.5 Å². The number of pyridine rings is 1. The Hall–Kier alpha value is -5.74. The standard InChI is InChI=1S/C35H32F2N6O7S/c1-42-30-19-39-15-12-26(30)33(45)43(35(42)48)24-6-2-20(3-7-24)16-29(34(46)47)40-32(44)31-27(36)17-23(18-28(31)37)41-51(49,50)25-8-4-21(5-9-25)22-10-13-38-14-11-22/h2-11,13-14,17-18,26,29-30,39,41H,12,15-16,19H2,1H3,(H,40,44)(H,46,47)/t26?,29-,30?/m0/s1. The second kappa shape index (κ2) is 14.2. The molecule has 6 rings (SSSR count). The van der Waals surface area contributed by atoms with Crippen LogP contribution in [0.4, 0.5) is 25.0 Å². The molecule has 1 aromatic heterocycles. The van der Waals surface area contributed by atoms with Crippen LogP contribution in [0.3, 0.4) is 0 Å². The van der Waals surface area contributed by atoms with Crippen LogP contribution in [0.2, 0.25) is 0 Å². The van der Waals surface area contributed by atoms with Crippen molar-refractivity contribution in [1.82, 2.24) is 20.5 Å². The molecule has 13 nitrogen and oxygen atoms in total. The van der Waals surface area contributed by atoms with Gasteiger partial charge in [-0.05, 0) is 78.2 Å². The molecule has 2 aliphatic heterocycles. The lowest BCUT2D eigenvalue weighted by atomic mass is 9.88. The summed E-state index contributed by atoms with van der Waals surface area (Å²) < 4.78 is 58.2. The van der Waals surface area contributed by atoms with Gasteiger partial charge in [-0.2, -0.15) is 0 Å². The number of hydrogen-bond donors (Lipinski definition) is 4. The van der Waals surface area contributed by atoms with Crippen LogP contribution in [-0.2, 0) is 26.0 Å². The number of carboxylic acid groups (broad SMARTS) is 1. The van der Waals surface area contributed by atoms with E-state index in [1.165, 1.54) is 41.3 Å². The number of fused-ring (bicyclic) bond motifs is 1. The summed E-state index contributed by atoms with van der Waals surface area (Å²) in [5, 5.41) is 15.1. The topological polar surface area (TPSA) is 178 Å². The number of aliphatic carboxylic acids is 1. The van der Waals surface area contributed by atoms with Crippen molar-refractivity contribution in [1.29, 1.82) is 0 Å². The fraction of sp³-hybridized carbons (Fsp3) is 0.229. The average molecular weight is 719 g/mol. The molecule has 3 atom stereocenters. The van der Waals surface area contributed by atoms with Gasteiger partial charge >= 0.3 is 12.0 Å². The molecule has 0 aliphatic carbocycles. The Morgan fingerprint density at radius 2 is 1.61 bits per heavy atom. The van der Waals surface area contributed by atoms with Crippen LogP contribution in [0.25, 0.3) is 11.1 Å². The average Bonchev–Trinajstić information content (AvgIpc) is 3.11. The number of likely N-dealkylation sites (N-methyl/N-ethyl adjacent to an activating group) is 1. The van der Waals surface area contributed by atoms with E-state index in [1.54, 1.807) is 43.7 Å². The Kier molecular flexibility index (Phi) is 9.80. The minimum atomic E-state index is -4.29. The molecule has 51 heavy (non-hydrogen) atoms. The molecule has 4 N–H and O–H groups in total. The molecule has 16 heteroatoms. The fourth-order valence-corrected chi connectivity index (χ4v) is 7.26. The third-order valence-corrected chi connectivity index (χ3v) is 10.3. The Morgan fingerprint density at radius 1 is 0.980 bits per heavy atom. The Morgan fingerprint density at radius 3 is 2.24 bits per heavy atom. The zero-order valence-electron chi connectivity index (χ0n) is 27.0. The highest BCUT2D eigenvalue weighted by Crippen LogP contribution is 2.31. The van der Waals surface area contributed by atoms with Gasteiger partial charge in [0, 0.05) is 32.4 Å². The van der Waals surface area contributed by atoms with Crippen LogP contribution < -0.4 is 20.3 Å². The second-order valence-corrected chi connectivity index (χ2v) is 13.8. The summed E-state index contributed by atoms with van der Waals surface area (Å²) in [5.74, 6) is -6.42. The van der Waals surface area contributed by atoms with Gasteiger partial charge in [0.1, 0.15) is 23.2 Å². The third kappa shape index (κ3) is 7.27. The van der Waals surface area contributed by atoms with E-state index in [-0.39, 0.29) is 34.9 Å². The summed E-state index contributed by atoms with van der Waals surface area (Å²) in [6, 6.07) is 14.0. The highest BCUT2D eigenvalue weighted by Gasteiger charge is 2.46.